The molecule has 0 saturated carbocycles. The number of fused-ring (bicyclic) bond motifs is 1. The van der Waals surface area contributed by atoms with Crippen LogP contribution in [0.3, 0.4) is 0 Å². The number of likely N-dealkylation sites (N-methyl/N-ethyl adjacent to an activating group) is 1. The number of Topliss-reactive ketones (excluding diaryl/α,β-unsaturated/α-hetero) is 1. The van der Waals surface area contributed by atoms with Crippen molar-refractivity contribution in [2.75, 3.05) is 33.2 Å². The quantitative estimate of drug-likeness (QED) is 0.381. The van der Waals surface area contributed by atoms with E-state index < -0.39 is 0 Å². The predicted octanol–water partition coefficient (Wildman–Crippen LogP) is 4.09. The third-order valence-corrected chi connectivity index (χ3v) is 7.02. The standard InChI is InChI=1S/C30H32N4O2/c1-32-15-17-33(18-16-32)30(36)20-25-22-34(29-7-3-2-6-28(25)29)26-11-8-23(9-12-26)19-27(35)13-10-24-5-4-14-31-21-24/h2-9,11-12,14,21-22H,10,13,15-20H2,1H3. The molecule has 1 saturated heterocycles. The van der Waals surface area contributed by atoms with Gasteiger partial charge in [0.2, 0.25) is 5.91 Å². The Labute approximate surface area is 212 Å². The van der Waals surface area contributed by atoms with E-state index in [1.54, 1.807) is 6.20 Å². The van der Waals surface area contributed by atoms with Crippen LogP contribution in [0.1, 0.15) is 23.1 Å². The van der Waals surface area contributed by atoms with Gasteiger partial charge < -0.3 is 14.4 Å². The summed E-state index contributed by atoms with van der Waals surface area (Å²) in [5.41, 5.74) is 5.25. The van der Waals surface area contributed by atoms with E-state index in [0.717, 1.165) is 65.9 Å². The lowest BCUT2D eigenvalue weighted by atomic mass is 10.0. The number of hydrogen-bond donors (Lipinski definition) is 0. The lowest BCUT2D eigenvalue weighted by Crippen LogP contribution is -2.47. The lowest BCUT2D eigenvalue weighted by Gasteiger charge is -2.32. The molecule has 1 aliphatic heterocycles. The van der Waals surface area contributed by atoms with Crippen molar-refractivity contribution in [3.63, 3.8) is 0 Å². The van der Waals surface area contributed by atoms with Gasteiger partial charge in [-0.1, -0.05) is 36.4 Å². The third kappa shape index (κ3) is 5.55. The average molecular weight is 481 g/mol. The van der Waals surface area contributed by atoms with Crippen molar-refractivity contribution in [1.82, 2.24) is 19.4 Å². The van der Waals surface area contributed by atoms with Gasteiger partial charge in [0.15, 0.2) is 0 Å². The van der Waals surface area contributed by atoms with Crippen molar-refractivity contribution in [3.05, 3.63) is 95.9 Å². The van der Waals surface area contributed by atoms with E-state index in [-0.39, 0.29) is 11.7 Å². The number of benzene rings is 2. The molecule has 2 aromatic heterocycles. The highest BCUT2D eigenvalue weighted by Gasteiger charge is 2.21. The molecule has 0 atom stereocenters. The molecule has 5 rings (SSSR count). The number of carbonyl (C=O) groups excluding carboxylic acids is 2. The molecule has 2 aromatic carbocycles. The summed E-state index contributed by atoms with van der Waals surface area (Å²) in [4.78, 5) is 33.9. The van der Waals surface area contributed by atoms with Crippen molar-refractivity contribution in [2.45, 2.75) is 25.7 Å². The van der Waals surface area contributed by atoms with Gasteiger partial charge >= 0.3 is 0 Å². The Bertz CT molecular complexity index is 1340. The summed E-state index contributed by atoms with van der Waals surface area (Å²) in [6, 6.07) is 20.3. The second-order valence-corrected chi connectivity index (χ2v) is 9.65. The molecule has 0 N–H and O–H groups in total. The molecule has 0 spiro atoms. The molecule has 6 heteroatoms. The minimum atomic E-state index is 0.186. The van der Waals surface area contributed by atoms with Crippen LogP contribution in [0.2, 0.25) is 0 Å². The monoisotopic (exact) mass is 480 g/mol. The average Bonchev–Trinajstić information content (AvgIpc) is 3.27. The maximum Gasteiger partial charge on any atom is 0.227 e. The van der Waals surface area contributed by atoms with Crippen LogP contribution in [0.4, 0.5) is 0 Å². The molecule has 1 fully saturated rings. The van der Waals surface area contributed by atoms with Gasteiger partial charge in [0.05, 0.1) is 11.9 Å². The SMILES string of the molecule is CN1CCN(C(=O)Cc2cn(-c3ccc(CC(=O)CCc4cccnc4)cc3)c3ccccc23)CC1. The number of hydrogen-bond acceptors (Lipinski definition) is 4. The molecule has 184 valence electrons. The van der Waals surface area contributed by atoms with Gasteiger partial charge in [-0.2, -0.15) is 0 Å². The lowest BCUT2D eigenvalue weighted by molar-refractivity contribution is -0.132. The van der Waals surface area contributed by atoms with Crippen molar-refractivity contribution in [1.29, 1.82) is 0 Å². The number of para-hydroxylation sites is 1. The van der Waals surface area contributed by atoms with E-state index in [1.807, 2.05) is 47.5 Å². The number of aromatic nitrogens is 2. The van der Waals surface area contributed by atoms with Crippen LogP contribution >= 0.6 is 0 Å². The number of pyridine rings is 1. The Hall–Kier alpha value is -3.77. The molecule has 0 aliphatic carbocycles. The minimum absolute atomic E-state index is 0.186. The van der Waals surface area contributed by atoms with Crippen LogP contribution in [0, 0.1) is 0 Å². The summed E-state index contributed by atoms with van der Waals surface area (Å²) in [5, 5.41) is 1.11. The molecule has 1 amide bonds. The summed E-state index contributed by atoms with van der Waals surface area (Å²) in [7, 11) is 2.10. The van der Waals surface area contributed by atoms with Crippen LogP contribution in [0.15, 0.2) is 79.3 Å². The zero-order chi connectivity index (χ0) is 24.9. The summed E-state index contributed by atoms with van der Waals surface area (Å²) in [6.07, 6.45) is 7.72. The molecule has 0 bridgehead atoms. The summed E-state index contributed by atoms with van der Waals surface area (Å²) < 4.78 is 2.15. The zero-order valence-electron chi connectivity index (χ0n) is 20.8. The molecule has 0 unspecified atom stereocenters. The van der Waals surface area contributed by atoms with Gasteiger partial charge in [0, 0.05) is 68.7 Å². The Morgan fingerprint density at radius 1 is 0.861 bits per heavy atom. The Morgan fingerprint density at radius 3 is 2.39 bits per heavy atom. The normalized spacial score (nSPS) is 14.3. The van der Waals surface area contributed by atoms with Gasteiger partial charge in [-0.3, -0.25) is 14.6 Å². The summed E-state index contributed by atoms with van der Waals surface area (Å²) in [5.74, 6) is 0.411. The second kappa shape index (κ2) is 10.9. The first-order valence-corrected chi connectivity index (χ1v) is 12.6. The number of amides is 1. The fraction of sp³-hybridized carbons (Fsp3) is 0.300. The maximum atomic E-state index is 13.0. The van der Waals surface area contributed by atoms with Gasteiger partial charge in [-0.15, -0.1) is 0 Å². The van der Waals surface area contributed by atoms with E-state index in [9.17, 15) is 9.59 Å². The predicted molar refractivity (Wildman–Crippen MR) is 142 cm³/mol. The van der Waals surface area contributed by atoms with Gasteiger partial charge in [0.25, 0.3) is 0 Å². The highest BCUT2D eigenvalue weighted by Crippen LogP contribution is 2.26. The van der Waals surface area contributed by atoms with Crippen LogP contribution in [-0.4, -0.2) is 64.3 Å². The van der Waals surface area contributed by atoms with E-state index in [4.69, 9.17) is 0 Å². The van der Waals surface area contributed by atoms with Crippen LogP contribution in [0.5, 0.6) is 0 Å². The maximum absolute atomic E-state index is 13.0. The highest BCUT2D eigenvalue weighted by molar-refractivity contribution is 5.90. The fourth-order valence-corrected chi connectivity index (χ4v) is 4.86. The van der Waals surface area contributed by atoms with E-state index in [0.29, 0.717) is 19.3 Å². The van der Waals surface area contributed by atoms with Gasteiger partial charge in [-0.25, -0.2) is 0 Å². The molecule has 36 heavy (non-hydrogen) atoms. The first-order chi connectivity index (χ1) is 17.6. The van der Waals surface area contributed by atoms with E-state index in [1.165, 1.54) is 0 Å². The number of ketones is 1. The van der Waals surface area contributed by atoms with Crippen LogP contribution in [0.25, 0.3) is 16.6 Å². The topological polar surface area (TPSA) is 58.4 Å². The molecule has 0 radical (unpaired) electrons. The Kier molecular flexibility index (Phi) is 7.23. The molecule has 6 nitrogen and oxygen atoms in total. The van der Waals surface area contributed by atoms with Gasteiger partial charge in [-0.05, 0) is 54.4 Å². The molecular formula is C30H32N4O2. The third-order valence-electron chi connectivity index (χ3n) is 7.02. The van der Waals surface area contributed by atoms with Crippen molar-refractivity contribution < 1.29 is 9.59 Å². The number of nitrogens with zero attached hydrogens (tertiary/aromatic N) is 4. The minimum Gasteiger partial charge on any atom is -0.340 e. The number of rotatable bonds is 8. The fourth-order valence-electron chi connectivity index (χ4n) is 4.86. The summed E-state index contributed by atoms with van der Waals surface area (Å²) in [6.45, 7) is 3.42. The van der Waals surface area contributed by atoms with Crippen LogP contribution < -0.4 is 0 Å². The number of aryl methyl sites for hydroxylation is 1. The Morgan fingerprint density at radius 2 is 1.64 bits per heavy atom. The van der Waals surface area contributed by atoms with Gasteiger partial charge in [0.1, 0.15) is 5.78 Å². The number of piperazine rings is 1. The second-order valence-electron chi connectivity index (χ2n) is 9.65. The molecule has 1 aliphatic rings. The largest absolute Gasteiger partial charge is 0.340 e. The van der Waals surface area contributed by atoms with Crippen molar-refractivity contribution in [3.8, 4) is 5.69 Å². The molecule has 3 heterocycles. The van der Waals surface area contributed by atoms with Crippen LogP contribution in [-0.2, 0) is 28.9 Å². The zero-order valence-corrected chi connectivity index (χ0v) is 20.8. The van der Waals surface area contributed by atoms with Crippen molar-refractivity contribution >= 4 is 22.6 Å². The van der Waals surface area contributed by atoms with E-state index >= 15 is 0 Å². The molecular weight excluding hydrogens is 448 g/mol. The highest BCUT2D eigenvalue weighted by atomic mass is 16.2. The number of carbonyl (C=O) groups is 2. The molecule has 4 aromatic rings. The first kappa shape index (κ1) is 23.9. The Balaban J connectivity index is 1.28. The smallest absolute Gasteiger partial charge is 0.227 e. The van der Waals surface area contributed by atoms with E-state index in [2.05, 4.69) is 52.0 Å². The first-order valence-electron chi connectivity index (χ1n) is 12.6. The van der Waals surface area contributed by atoms with Crippen molar-refractivity contribution in [2.24, 2.45) is 0 Å². The summed E-state index contributed by atoms with van der Waals surface area (Å²) >= 11 is 0.